The van der Waals surface area contributed by atoms with Gasteiger partial charge in [-0.15, -0.1) is 0 Å². The molecule has 0 heterocycles. The lowest BCUT2D eigenvalue weighted by atomic mass is 10.1. The van der Waals surface area contributed by atoms with E-state index in [0.717, 1.165) is 5.56 Å². The summed E-state index contributed by atoms with van der Waals surface area (Å²) in [6.45, 7) is 1.41. The van der Waals surface area contributed by atoms with Crippen molar-refractivity contribution in [1.29, 1.82) is 0 Å². The molecule has 0 radical (unpaired) electrons. The maximum Gasteiger partial charge on any atom is 0.0558 e. The second-order valence-corrected chi connectivity index (χ2v) is 3.68. The number of rotatable bonds is 4. The largest absolute Gasteiger partial charge is 0.398 e. The highest BCUT2D eigenvalue weighted by atomic mass is 35.5. The van der Waals surface area contributed by atoms with E-state index in [2.05, 4.69) is 0 Å². The smallest absolute Gasteiger partial charge is 0.0558 e. The van der Waals surface area contributed by atoms with E-state index in [1.54, 1.807) is 0 Å². The molecule has 0 unspecified atom stereocenters. The van der Waals surface area contributed by atoms with Gasteiger partial charge in [0.15, 0.2) is 0 Å². The van der Waals surface area contributed by atoms with Crippen LogP contribution in [-0.2, 0) is 6.54 Å². The highest BCUT2D eigenvalue weighted by molar-refractivity contribution is 6.31. The quantitative estimate of drug-likeness (QED) is 0.744. The molecule has 0 fully saturated rings. The number of anilines is 1. The first kappa shape index (κ1) is 11.3. The molecule has 0 amide bonds. The minimum Gasteiger partial charge on any atom is -0.398 e. The van der Waals surface area contributed by atoms with Crippen LogP contribution in [0, 0.1) is 0 Å². The van der Waals surface area contributed by atoms with E-state index in [1.165, 1.54) is 0 Å². The SMILES string of the molecule is CN(CCO)Cc1c(N)cccc1Cl. The molecule has 0 aliphatic rings. The van der Waals surface area contributed by atoms with Crippen molar-refractivity contribution in [3.8, 4) is 0 Å². The maximum absolute atomic E-state index is 8.75. The second kappa shape index (κ2) is 5.20. The molecule has 0 bridgehead atoms. The van der Waals surface area contributed by atoms with E-state index in [4.69, 9.17) is 22.4 Å². The fourth-order valence-electron chi connectivity index (χ4n) is 1.26. The van der Waals surface area contributed by atoms with Gasteiger partial charge in [-0.25, -0.2) is 0 Å². The van der Waals surface area contributed by atoms with Gasteiger partial charge in [-0.1, -0.05) is 17.7 Å². The third-order valence-electron chi connectivity index (χ3n) is 2.06. The number of hydrogen-bond donors (Lipinski definition) is 2. The lowest BCUT2D eigenvalue weighted by molar-refractivity contribution is 0.217. The van der Waals surface area contributed by atoms with Gasteiger partial charge in [-0.3, -0.25) is 4.90 Å². The van der Waals surface area contributed by atoms with Gasteiger partial charge in [-0.2, -0.15) is 0 Å². The number of halogens is 1. The summed E-state index contributed by atoms with van der Waals surface area (Å²) in [4.78, 5) is 1.97. The van der Waals surface area contributed by atoms with Gasteiger partial charge >= 0.3 is 0 Å². The van der Waals surface area contributed by atoms with Crippen LogP contribution in [0.4, 0.5) is 5.69 Å². The molecule has 1 aromatic carbocycles. The van der Waals surface area contributed by atoms with E-state index in [1.807, 2.05) is 30.1 Å². The summed E-state index contributed by atoms with van der Waals surface area (Å²) in [5.41, 5.74) is 7.41. The minimum atomic E-state index is 0.140. The predicted molar refractivity (Wildman–Crippen MR) is 59.3 cm³/mol. The first-order valence-corrected chi connectivity index (χ1v) is 4.85. The zero-order valence-electron chi connectivity index (χ0n) is 8.20. The van der Waals surface area contributed by atoms with E-state index in [0.29, 0.717) is 23.8 Å². The number of aliphatic hydroxyl groups is 1. The van der Waals surface area contributed by atoms with Gasteiger partial charge in [0.05, 0.1) is 6.61 Å². The molecule has 4 heteroatoms. The Hall–Kier alpha value is -0.770. The Balaban J connectivity index is 2.75. The average Bonchev–Trinajstić information content (AvgIpc) is 2.12. The molecule has 3 N–H and O–H groups in total. The number of aliphatic hydroxyl groups excluding tert-OH is 1. The zero-order valence-corrected chi connectivity index (χ0v) is 8.96. The normalized spacial score (nSPS) is 10.9. The van der Waals surface area contributed by atoms with Crippen molar-refractivity contribution in [3.63, 3.8) is 0 Å². The molecule has 1 aromatic rings. The molecule has 0 aliphatic carbocycles. The van der Waals surface area contributed by atoms with Crippen LogP contribution in [0.25, 0.3) is 0 Å². The fraction of sp³-hybridized carbons (Fsp3) is 0.400. The number of benzene rings is 1. The fourth-order valence-corrected chi connectivity index (χ4v) is 1.50. The number of nitrogens with two attached hydrogens (primary N) is 1. The average molecular weight is 215 g/mol. The van der Waals surface area contributed by atoms with Crippen LogP contribution >= 0.6 is 11.6 Å². The third-order valence-corrected chi connectivity index (χ3v) is 2.42. The summed E-state index contributed by atoms with van der Waals surface area (Å²) in [5.74, 6) is 0. The topological polar surface area (TPSA) is 49.5 Å². The number of nitrogen functional groups attached to an aromatic ring is 1. The van der Waals surface area contributed by atoms with Crippen molar-refractivity contribution in [3.05, 3.63) is 28.8 Å². The molecule has 1 rings (SSSR count). The minimum absolute atomic E-state index is 0.140. The summed E-state index contributed by atoms with van der Waals surface area (Å²) in [6, 6.07) is 5.47. The number of hydrogen-bond acceptors (Lipinski definition) is 3. The van der Waals surface area contributed by atoms with Gasteiger partial charge in [0, 0.05) is 29.4 Å². The zero-order chi connectivity index (χ0) is 10.6. The van der Waals surface area contributed by atoms with E-state index < -0.39 is 0 Å². The van der Waals surface area contributed by atoms with Crippen LogP contribution in [0.3, 0.4) is 0 Å². The van der Waals surface area contributed by atoms with Gasteiger partial charge in [0.2, 0.25) is 0 Å². The van der Waals surface area contributed by atoms with Gasteiger partial charge < -0.3 is 10.8 Å². The van der Waals surface area contributed by atoms with E-state index >= 15 is 0 Å². The Kier molecular flexibility index (Phi) is 4.20. The molecule has 78 valence electrons. The van der Waals surface area contributed by atoms with Crippen LogP contribution < -0.4 is 5.73 Å². The van der Waals surface area contributed by atoms with Crippen molar-refractivity contribution in [2.24, 2.45) is 0 Å². The standard InChI is InChI=1S/C10H15ClN2O/c1-13(5-6-14)7-8-9(11)3-2-4-10(8)12/h2-4,14H,5-7,12H2,1H3. The Morgan fingerprint density at radius 3 is 2.79 bits per heavy atom. The van der Waals surface area contributed by atoms with Gasteiger partial charge in [0.1, 0.15) is 0 Å². The predicted octanol–water partition coefficient (Wildman–Crippen LogP) is 1.35. The molecule has 0 saturated heterocycles. The molecule has 0 atom stereocenters. The lowest BCUT2D eigenvalue weighted by Crippen LogP contribution is -2.22. The summed E-state index contributed by atoms with van der Waals surface area (Å²) in [5, 5.41) is 9.42. The first-order chi connectivity index (χ1) is 6.65. The Morgan fingerprint density at radius 1 is 1.50 bits per heavy atom. The van der Waals surface area contributed by atoms with Crippen LogP contribution in [0.5, 0.6) is 0 Å². The summed E-state index contributed by atoms with van der Waals surface area (Å²) >= 11 is 6.00. The molecule has 0 aromatic heterocycles. The van der Waals surface area contributed by atoms with Crippen LogP contribution in [0.1, 0.15) is 5.56 Å². The molecule has 0 saturated carbocycles. The molecule has 0 aliphatic heterocycles. The second-order valence-electron chi connectivity index (χ2n) is 3.27. The highest BCUT2D eigenvalue weighted by Crippen LogP contribution is 2.22. The highest BCUT2D eigenvalue weighted by Gasteiger charge is 2.06. The number of nitrogens with zero attached hydrogens (tertiary/aromatic N) is 1. The molecule has 3 nitrogen and oxygen atoms in total. The van der Waals surface area contributed by atoms with Crippen molar-refractivity contribution >= 4 is 17.3 Å². The monoisotopic (exact) mass is 214 g/mol. The van der Waals surface area contributed by atoms with Gasteiger partial charge in [-0.05, 0) is 19.2 Å². The van der Waals surface area contributed by atoms with Crippen molar-refractivity contribution in [2.75, 3.05) is 25.9 Å². The summed E-state index contributed by atoms with van der Waals surface area (Å²) in [7, 11) is 1.92. The summed E-state index contributed by atoms with van der Waals surface area (Å²) < 4.78 is 0. The van der Waals surface area contributed by atoms with Crippen molar-refractivity contribution < 1.29 is 5.11 Å². The Bertz CT molecular complexity index is 284. The van der Waals surface area contributed by atoms with Crippen LogP contribution in [0.2, 0.25) is 5.02 Å². The third kappa shape index (κ3) is 2.87. The van der Waals surface area contributed by atoms with E-state index in [9.17, 15) is 0 Å². The van der Waals surface area contributed by atoms with Crippen LogP contribution in [0.15, 0.2) is 18.2 Å². The maximum atomic E-state index is 8.75. The Labute approximate surface area is 89.1 Å². The first-order valence-electron chi connectivity index (χ1n) is 4.47. The lowest BCUT2D eigenvalue weighted by Gasteiger charge is -2.17. The molecular formula is C10H15ClN2O. The molecule has 14 heavy (non-hydrogen) atoms. The van der Waals surface area contributed by atoms with Crippen molar-refractivity contribution in [1.82, 2.24) is 4.90 Å². The van der Waals surface area contributed by atoms with E-state index in [-0.39, 0.29) is 6.61 Å². The Morgan fingerprint density at radius 2 is 2.21 bits per heavy atom. The van der Waals surface area contributed by atoms with Gasteiger partial charge in [0.25, 0.3) is 0 Å². The molecular weight excluding hydrogens is 200 g/mol. The number of likely N-dealkylation sites (N-methyl/N-ethyl adjacent to an activating group) is 1. The summed E-state index contributed by atoms with van der Waals surface area (Å²) in [6.07, 6.45) is 0. The van der Waals surface area contributed by atoms with Crippen molar-refractivity contribution in [2.45, 2.75) is 6.54 Å². The van der Waals surface area contributed by atoms with Crippen LogP contribution in [-0.4, -0.2) is 30.2 Å². The molecule has 0 spiro atoms.